The van der Waals surface area contributed by atoms with Gasteiger partial charge in [-0.3, -0.25) is 9.59 Å². The zero-order chi connectivity index (χ0) is 14.0. The van der Waals surface area contributed by atoms with Crippen molar-refractivity contribution in [1.29, 1.82) is 0 Å². The number of alkyl halides is 1. The number of nitrogens with zero attached hydrogens (tertiary/aromatic N) is 2. The second-order valence-electron chi connectivity index (χ2n) is 3.81. The molecule has 19 heavy (non-hydrogen) atoms. The molecule has 0 saturated heterocycles. The first-order valence-electron chi connectivity index (χ1n) is 5.39. The third kappa shape index (κ3) is 2.65. The van der Waals surface area contributed by atoms with Gasteiger partial charge in [0.25, 0.3) is 5.56 Å². The fourth-order valence-electron chi connectivity index (χ4n) is 1.72. The highest BCUT2D eigenvalue weighted by Crippen LogP contribution is 2.20. The first-order chi connectivity index (χ1) is 9.06. The van der Waals surface area contributed by atoms with Gasteiger partial charge in [-0.1, -0.05) is 15.9 Å². The van der Waals surface area contributed by atoms with Gasteiger partial charge in [-0.05, 0) is 18.2 Å². The Labute approximate surface area is 116 Å². The van der Waals surface area contributed by atoms with E-state index in [1.807, 2.05) is 0 Å². The van der Waals surface area contributed by atoms with Gasteiger partial charge in [-0.2, -0.15) is 5.10 Å². The number of benzene rings is 1. The van der Waals surface area contributed by atoms with E-state index in [4.69, 9.17) is 0 Å². The molecule has 0 N–H and O–H groups in total. The van der Waals surface area contributed by atoms with Crippen LogP contribution in [0.2, 0.25) is 0 Å². The van der Waals surface area contributed by atoms with Crippen LogP contribution >= 0.6 is 15.9 Å². The lowest BCUT2D eigenvalue weighted by molar-refractivity contribution is -0.141. The smallest absolute Gasteiger partial charge is 0.327 e. The quantitative estimate of drug-likeness (QED) is 0.806. The molecule has 2 aromatic rings. The number of rotatable bonds is 3. The van der Waals surface area contributed by atoms with E-state index in [0.717, 1.165) is 9.15 Å². The summed E-state index contributed by atoms with van der Waals surface area (Å²) in [6, 6.07) is 4.87. The monoisotopic (exact) mass is 328 g/mol. The summed E-state index contributed by atoms with van der Waals surface area (Å²) in [5, 5.41) is 4.60. The number of hydrogen-bond acceptors (Lipinski definition) is 4. The summed E-state index contributed by atoms with van der Waals surface area (Å²) in [4.78, 5) is 23.3. The van der Waals surface area contributed by atoms with Crippen LogP contribution < -0.4 is 5.56 Å². The molecule has 0 spiro atoms. The summed E-state index contributed by atoms with van der Waals surface area (Å²) in [6.45, 7) is -1.16. The van der Waals surface area contributed by atoms with E-state index < -0.39 is 18.2 Å². The molecule has 0 radical (unpaired) electrons. The fourth-order valence-corrected chi connectivity index (χ4v) is 2.08. The summed E-state index contributed by atoms with van der Waals surface area (Å²) in [7, 11) is 1.21. The number of aromatic nitrogens is 2. The fraction of sp³-hybridized carbons (Fsp3) is 0.250. The minimum Gasteiger partial charge on any atom is -0.468 e. The largest absolute Gasteiger partial charge is 0.468 e. The maximum Gasteiger partial charge on any atom is 0.327 e. The van der Waals surface area contributed by atoms with Gasteiger partial charge in [-0.15, -0.1) is 0 Å². The molecule has 100 valence electrons. The topological polar surface area (TPSA) is 61.2 Å². The number of carbonyl (C=O) groups excluding carboxylic acids is 1. The average Bonchev–Trinajstić information content (AvgIpc) is 2.41. The van der Waals surface area contributed by atoms with Crippen LogP contribution in [0.5, 0.6) is 0 Å². The number of methoxy groups -OCH3 is 1. The van der Waals surface area contributed by atoms with E-state index in [-0.39, 0.29) is 12.2 Å². The second-order valence-corrected chi connectivity index (χ2v) is 4.72. The van der Waals surface area contributed by atoms with Crippen molar-refractivity contribution < 1.29 is 13.9 Å². The van der Waals surface area contributed by atoms with Crippen molar-refractivity contribution in [1.82, 2.24) is 9.78 Å². The standard InChI is InChI=1S/C12H10BrFN2O3/c1-19-11(17)6-16-12(18)8-3-2-7(13)4-9(8)10(5-14)15-16/h2-4H,5-6H2,1H3. The predicted octanol–water partition coefficient (Wildman–Crippen LogP) is 1.80. The molecule has 7 heteroatoms. The van der Waals surface area contributed by atoms with Gasteiger partial charge in [-0.25, -0.2) is 9.07 Å². The molecular formula is C12H10BrFN2O3. The van der Waals surface area contributed by atoms with Crippen LogP contribution in [0.4, 0.5) is 4.39 Å². The third-order valence-corrected chi connectivity index (χ3v) is 3.13. The van der Waals surface area contributed by atoms with Gasteiger partial charge in [0.05, 0.1) is 12.5 Å². The van der Waals surface area contributed by atoms with Gasteiger partial charge < -0.3 is 4.74 Å². The highest BCUT2D eigenvalue weighted by molar-refractivity contribution is 9.10. The molecule has 0 bridgehead atoms. The normalized spacial score (nSPS) is 10.7. The summed E-state index contributed by atoms with van der Waals surface area (Å²) >= 11 is 3.26. The van der Waals surface area contributed by atoms with Crippen molar-refractivity contribution in [3.63, 3.8) is 0 Å². The zero-order valence-corrected chi connectivity index (χ0v) is 11.6. The van der Waals surface area contributed by atoms with E-state index in [2.05, 4.69) is 25.8 Å². The molecule has 1 heterocycles. The summed E-state index contributed by atoms with van der Waals surface area (Å²) < 4.78 is 19.1. The van der Waals surface area contributed by atoms with Gasteiger partial charge >= 0.3 is 5.97 Å². The average molecular weight is 329 g/mol. The van der Waals surface area contributed by atoms with Gasteiger partial charge in [0.15, 0.2) is 0 Å². The SMILES string of the molecule is COC(=O)Cn1nc(CF)c2cc(Br)ccc2c1=O. The van der Waals surface area contributed by atoms with Crippen molar-refractivity contribution in [2.24, 2.45) is 0 Å². The molecule has 1 aromatic carbocycles. The zero-order valence-electron chi connectivity index (χ0n) is 10.0. The van der Waals surface area contributed by atoms with Crippen molar-refractivity contribution >= 4 is 32.7 Å². The molecular weight excluding hydrogens is 319 g/mol. The van der Waals surface area contributed by atoms with Crippen LogP contribution in [0.1, 0.15) is 5.69 Å². The van der Waals surface area contributed by atoms with Crippen LogP contribution in [0, 0.1) is 0 Å². The summed E-state index contributed by atoms with van der Waals surface area (Å²) in [6.07, 6.45) is 0. The van der Waals surface area contributed by atoms with Gasteiger partial charge in [0.2, 0.25) is 0 Å². The van der Waals surface area contributed by atoms with E-state index in [0.29, 0.717) is 10.8 Å². The van der Waals surface area contributed by atoms with Gasteiger partial charge in [0.1, 0.15) is 18.9 Å². The number of ether oxygens (including phenoxy) is 1. The van der Waals surface area contributed by atoms with E-state index in [1.165, 1.54) is 7.11 Å². The molecule has 0 aliphatic carbocycles. The minimum atomic E-state index is -0.825. The number of esters is 1. The first kappa shape index (κ1) is 13.7. The van der Waals surface area contributed by atoms with Crippen molar-refractivity contribution in [2.75, 3.05) is 7.11 Å². The van der Waals surface area contributed by atoms with Crippen molar-refractivity contribution in [2.45, 2.75) is 13.2 Å². The molecule has 0 fully saturated rings. The Morgan fingerprint density at radius 3 is 2.84 bits per heavy atom. The van der Waals surface area contributed by atoms with Gasteiger partial charge in [0, 0.05) is 9.86 Å². The lowest BCUT2D eigenvalue weighted by Crippen LogP contribution is -2.28. The Morgan fingerprint density at radius 1 is 1.47 bits per heavy atom. The molecule has 0 saturated carbocycles. The predicted molar refractivity (Wildman–Crippen MR) is 70.5 cm³/mol. The molecule has 0 aliphatic heterocycles. The summed E-state index contributed by atoms with van der Waals surface area (Å²) in [5.41, 5.74) is -0.343. The van der Waals surface area contributed by atoms with Crippen LogP contribution in [0.25, 0.3) is 10.8 Å². The lowest BCUT2D eigenvalue weighted by atomic mass is 10.1. The van der Waals surface area contributed by atoms with Crippen LogP contribution in [0.3, 0.4) is 0 Å². The Bertz CT molecular complexity index is 699. The van der Waals surface area contributed by atoms with Crippen LogP contribution in [-0.2, 0) is 22.8 Å². The Kier molecular flexibility index (Phi) is 3.94. The molecule has 0 atom stereocenters. The van der Waals surface area contributed by atoms with E-state index in [9.17, 15) is 14.0 Å². The molecule has 0 amide bonds. The number of halogens is 2. The van der Waals surface area contributed by atoms with E-state index >= 15 is 0 Å². The minimum absolute atomic E-state index is 0.111. The van der Waals surface area contributed by atoms with Crippen molar-refractivity contribution in [3.05, 3.63) is 38.7 Å². The lowest BCUT2D eigenvalue weighted by Gasteiger charge is -2.08. The maximum atomic E-state index is 13.0. The highest BCUT2D eigenvalue weighted by Gasteiger charge is 2.13. The van der Waals surface area contributed by atoms with Crippen molar-refractivity contribution in [3.8, 4) is 0 Å². The molecule has 5 nitrogen and oxygen atoms in total. The Hall–Kier alpha value is -1.76. The number of hydrogen-bond donors (Lipinski definition) is 0. The Balaban J connectivity index is 2.68. The van der Waals surface area contributed by atoms with Crippen LogP contribution in [-0.4, -0.2) is 22.9 Å². The molecule has 0 unspecified atom stereocenters. The van der Waals surface area contributed by atoms with Crippen LogP contribution in [0.15, 0.2) is 27.5 Å². The molecule has 0 aliphatic rings. The number of fused-ring (bicyclic) bond motifs is 1. The highest BCUT2D eigenvalue weighted by atomic mass is 79.9. The summed E-state index contributed by atoms with van der Waals surface area (Å²) in [5.74, 6) is -0.615. The second kappa shape index (κ2) is 5.48. The maximum absolute atomic E-state index is 13.0. The molecule has 1 aromatic heterocycles. The first-order valence-corrected chi connectivity index (χ1v) is 6.18. The Morgan fingerprint density at radius 2 is 2.21 bits per heavy atom. The van der Waals surface area contributed by atoms with E-state index in [1.54, 1.807) is 18.2 Å². The third-order valence-electron chi connectivity index (χ3n) is 2.63. The molecule has 2 rings (SSSR count). The number of carbonyl (C=O) groups is 1.